The number of halogens is 1. The number of nitriles is 1. The molecule has 3 heteroatoms. The number of aromatic nitrogens is 1. The van der Waals surface area contributed by atoms with Crippen LogP contribution in [-0.2, 0) is 6.54 Å². The number of fused-ring (bicyclic) bond motifs is 1. The normalized spacial score (nSPS) is 10.7. The van der Waals surface area contributed by atoms with Crippen LogP contribution in [0.2, 0.25) is 0 Å². The third-order valence-electron chi connectivity index (χ3n) is 3.47. The fourth-order valence-electron chi connectivity index (χ4n) is 2.52. The van der Waals surface area contributed by atoms with Gasteiger partial charge < -0.3 is 4.57 Å². The lowest BCUT2D eigenvalue weighted by molar-refractivity contribution is 0.623. The Hall–Kier alpha value is -2.60. The summed E-state index contributed by atoms with van der Waals surface area (Å²) in [6, 6.07) is 14.6. The molecular weight excluding hydrogens is 251 g/mol. The molecule has 0 atom stereocenters. The zero-order valence-electron chi connectivity index (χ0n) is 11.1. The molecule has 0 bridgehead atoms. The Kier molecular flexibility index (Phi) is 3.00. The average Bonchev–Trinajstić information content (AvgIpc) is 2.83. The predicted molar refractivity (Wildman–Crippen MR) is 76.9 cm³/mol. The Bertz CT molecular complexity index is 825. The summed E-state index contributed by atoms with van der Waals surface area (Å²) in [5, 5.41) is 10.1. The molecule has 0 radical (unpaired) electrons. The van der Waals surface area contributed by atoms with Gasteiger partial charge in [0.25, 0.3) is 0 Å². The average molecular weight is 264 g/mol. The lowest BCUT2D eigenvalue weighted by atomic mass is 10.1. The quantitative estimate of drug-likeness (QED) is 0.687. The molecule has 0 spiro atoms. The summed E-state index contributed by atoms with van der Waals surface area (Å²) in [5.74, 6) is -0.369. The standard InChI is InChI=1S/C17H13FN2/c1-12-3-2-4-17-16(12)5-6-20(17)11-14-7-13(10-19)8-15(18)9-14/h2-9H,11H2,1H3. The van der Waals surface area contributed by atoms with Crippen molar-refractivity contribution in [2.45, 2.75) is 13.5 Å². The topological polar surface area (TPSA) is 28.7 Å². The van der Waals surface area contributed by atoms with Gasteiger partial charge in [0.2, 0.25) is 0 Å². The molecule has 0 saturated carbocycles. The maximum atomic E-state index is 13.5. The molecule has 0 aliphatic rings. The van der Waals surface area contributed by atoms with Crippen LogP contribution in [0.15, 0.2) is 48.7 Å². The van der Waals surface area contributed by atoms with E-state index in [4.69, 9.17) is 5.26 Å². The molecule has 3 aromatic rings. The van der Waals surface area contributed by atoms with Crippen LogP contribution < -0.4 is 0 Å². The summed E-state index contributed by atoms with van der Waals surface area (Å²) in [6.07, 6.45) is 1.99. The van der Waals surface area contributed by atoms with Crippen LogP contribution in [0.4, 0.5) is 4.39 Å². The fraction of sp³-hybridized carbons (Fsp3) is 0.118. The molecule has 3 rings (SSSR count). The minimum atomic E-state index is -0.369. The van der Waals surface area contributed by atoms with Crippen LogP contribution in [0.5, 0.6) is 0 Å². The van der Waals surface area contributed by atoms with Crippen LogP contribution in [0, 0.1) is 24.1 Å². The van der Waals surface area contributed by atoms with Gasteiger partial charge in [-0.15, -0.1) is 0 Å². The maximum Gasteiger partial charge on any atom is 0.124 e. The molecule has 2 aromatic carbocycles. The second kappa shape index (κ2) is 4.82. The predicted octanol–water partition coefficient (Wildman–Crippen LogP) is 4.01. The van der Waals surface area contributed by atoms with Crippen molar-refractivity contribution in [3.63, 3.8) is 0 Å². The molecule has 0 aliphatic carbocycles. The van der Waals surface area contributed by atoms with Crippen molar-refractivity contribution in [2.24, 2.45) is 0 Å². The lowest BCUT2D eigenvalue weighted by Crippen LogP contribution is -1.99. The van der Waals surface area contributed by atoms with E-state index in [0.29, 0.717) is 12.1 Å². The molecule has 0 unspecified atom stereocenters. The summed E-state index contributed by atoms with van der Waals surface area (Å²) in [5.41, 5.74) is 3.49. The van der Waals surface area contributed by atoms with Crippen LogP contribution in [0.3, 0.4) is 0 Å². The molecule has 1 aromatic heterocycles. The van der Waals surface area contributed by atoms with E-state index in [-0.39, 0.29) is 5.82 Å². The molecule has 20 heavy (non-hydrogen) atoms. The number of rotatable bonds is 2. The van der Waals surface area contributed by atoms with Crippen molar-refractivity contribution >= 4 is 10.9 Å². The second-order valence-electron chi connectivity index (χ2n) is 4.91. The Morgan fingerprint density at radius 3 is 2.85 bits per heavy atom. The van der Waals surface area contributed by atoms with Gasteiger partial charge in [-0.3, -0.25) is 0 Å². The SMILES string of the molecule is Cc1cccc2c1ccn2Cc1cc(F)cc(C#N)c1. The van der Waals surface area contributed by atoms with Gasteiger partial charge in [0.05, 0.1) is 11.6 Å². The first kappa shape index (κ1) is 12.4. The van der Waals surface area contributed by atoms with Crippen LogP contribution in [0.25, 0.3) is 10.9 Å². The van der Waals surface area contributed by atoms with Gasteiger partial charge in [-0.1, -0.05) is 12.1 Å². The fourth-order valence-corrected chi connectivity index (χ4v) is 2.52. The summed E-state index contributed by atoms with van der Waals surface area (Å²) < 4.78 is 15.5. The lowest BCUT2D eigenvalue weighted by Gasteiger charge is -2.07. The molecule has 98 valence electrons. The number of nitrogens with zero attached hydrogens (tertiary/aromatic N) is 2. The van der Waals surface area contributed by atoms with Crippen molar-refractivity contribution in [3.05, 3.63) is 71.2 Å². The highest BCUT2D eigenvalue weighted by Gasteiger charge is 2.05. The van der Waals surface area contributed by atoms with E-state index in [0.717, 1.165) is 11.1 Å². The summed E-state index contributed by atoms with van der Waals surface area (Å²) in [4.78, 5) is 0. The number of hydrogen-bond donors (Lipinski definition) is 0. The van der Waals surface area contributed by atoms with E-state index < -0.39 is 0 Å². The highest BCUT2D eigenvalue weighted by atomic mass is 19.1. The van der Waals surface area contributed by atoms with Crippen molar-refractivity contribution in [1.29, 1.82) is 5.26 Å². The highest BCUT2D eigenvalue weighted by Crippen LogP contribution is 2.21. The summed E-state index contributed by atoms with van der Waals surface area (Å²) >= 11 is 0. The van der Waals surface area contributed by atoms with Crippen molar-refractivity contribution in [2.75, 3.05) is 0 Å². The van der Waals surface area contributed by atoms with Gasteiger partial charge in [-0.05, 0) is 48.4 Å². The van der Waals surface area contributed by atoms with Crippen LogP contribution in [0.1, 0.15) is 16.7 Å². The zero-order valence-corrected chi connectivity index (χ0v) is 11.1. The first-order chi connectivity index (χ1) is 9.67. The van der Waals surface area contributed by atoms with Gasteiger partial charge in [-0.2, -0.15) is 5.26 Å². The summed E-state index contributed by atoms with van der Waals surface area (Å²) in [6.45, 7) is 2.63. The van der Waals surface area contributed by atoms with Crippen LogP contribution in [-0.4, -0.2) is 4.57 Å². The van der Waals surface area contributed by atoms with Gasteiger partial charge >= 0.3 is 0 Å². The van der Waals surface area contributed by atoms with E-state index in [1.165, 1.54) is 23.1 Å². The monoisotopic (exact) mass is 264 g/mol. The third kappa shape index (κ3) is 2.17. The molecule has 0 amide bonds. The number of hydrogen-bond acceptors (Lipinski definition) is 1. The van der Waals surface area contributed by atoms with Gasteiger partial charge in [0.15, 0.2) is 0 Å². The zero-order chi connectivity index (χ0) is 14.1. The second-order valence-corrected chi connectivity index (χ2v) is 4.91. The maximum absolute atomic E-state index is 13.5. The molecule has 0 saturated heterocycles. The van der Waals surface area contributed by atoms with E-state index >= 15 is 0 Å². The summed E-state index contributed by atoms with van der Waals surface area (Å²) in [7, 11) is 0. The van der Waals surface area contributed by atoms with Crippen molar-refractivity contribution in [3.8, 4) is 6.07 Å². The first-order valence-electron chi connectivity index (χ1n) is 6.41. The highest BCUT2D eigenvalue weighted by molar-refractivity contribution is 5.83. The third-order valence-corrected chi connectivity index (χ3v) is 3.47. The smallest absolute Gasteiger partial charge is 0.124 e. The minimum absolute atomic E-state index is 0.354. The van der Waals surface area contributed by atoms with E-state index in [2.05, 4.69) is 23.6 Å². The molecule has 0 N–H and O–H groups in total. The van der Waals surface area contributed by atoms with Crippen molar-refractivity contribution in [1.82, 2.24) is 4.57 Å². The largest absolute Gasteiger partial charge is 0.343 e. The van der Waals surface area contributed by atoms with Gasteiger partial charge in [0, 0.05) is 23.6 Å². The Labute approximate surface area is 116 Å². The number of aryl methyl sites for hydroxylation is 1. The Morgan fingerprint density at radius 2 is 2.05 bits per heavy atom. The molecular formula is C17H13FN2. The van der Waals surface area contributed by atoms with E-state index in [1.807, 2.05) is 24.4 Å². The first-order valence-corrected chi connectivity index (χ1v) is 6.41. The van der Waals surface area contributed by atoms with E-state index in [9.17, 15) is 4.39 Å². The van der Waals surface area contributed by atoms with Crippen LogP contribution >= 0.6 is 0 Å². The Balaban J connectivity index is 2.04. The molecule has 1 heterocycles. The molecule has 0 fully saturated rings. The van der Waals surface area contributed by atoms with Gasteiger partial charge in [-0.25, -0.2) is 4.39 Å². The Morgan fingerprint density at radius 1 is 1.20 bits per heavy atom. The van der Waals surface area contributed by atoms with Crippen molar-refractivity contribution < 1.29 is 4.39 Å². The molecule has 0 aliphatic heterocycles. The van der Waals surface area contributed by atoms with Gasteiger partial charge in [0.1, 0.15) is 5.82 Å². The number of benzene rings is 2. The van der Waals surface area contributed by atoms with E-state index in [1.54, 1.807) is 6.07 Å². The molecule has 2 nitrogen and oxygen atoms in total. The minimum Gasteiger partial charge on any atom is -0.343 e.